The van der Waals surface area contributed by atoms with Gasteiger partial charge in [-0.25, -0.2) is 0 Å². The summed E-state index contributed by atoms with van der Waals surface area (Å²) in [7, 11) is 0. The fraction of sp³-hybridized carbons (Fsp3) is 0.867. The van der Waals surface area contributed by atoms with Gasteiger partial charge in [0.1, 0.15) is 0 Å². The van der Waals surface area contributed by atoms with Crippen LogP contribution in [-0.2, 0) is 0 Å². The lowest BCUT2D eigenvalue weighted by Crippen LogP contribution is -2.30. The molecule has 0 N–H and O–H groups in total. The molecule has 2 fully saturated rings. The highest BCUT2D eigenvalue weighted by atomic mass is 14.7. The molecule has 0 amide bonds. The Morgan fingerprint density at radius 1 is 1.27 bits per heavy atom. The molecule has 0 radical (unpaired) electrons. The van der Waals surface area contributed by atoms with E-state index in [0.717, 1.165) is 17.8 Å². The molecular weight excluding hydrogens is 180 g/mol. The molecule has 2 bridgehead atoms. The second-order valence-electron chi connectivity index (χ2n) is 6.99. The topological polar surface area (TPSA) is 0 Å². The van der Waals surface area contributed by atoms with Crippen LogP contribution in [0, 0.1) is 28.6 Å². The third kappa shape index (κ3) is 0.990. The average Bonchev–Trinajstić information content (AvgIpc) is 2.57. The summed E-state index contributed by atoms with van der Waals surface area (Å²) in [5, 5.41) is 0. The van der Waals surface area contributed by atoms with Crippen molar-refractivity contribution in [2.75, 3.05) is 0 Å². The van der Waals surface area contributed by atoms with E-state index in [1.165, 1.54) is 25.7 Å². The maximum atomic E-state index is 2.57. The van der Waals surface area contributed by atoms with E-state index in [1.807, 2.05) is 0 Å². The second kappa shape index (κ2) is 2.70. The van der Waals surface area contributed by atoms with Crippen molar-refractivity contribution >= 4 is 0 Å². The smallest absolute Gasteiger partial charge is 0.0146 e. The van der Waals surface area contributed by atoms with Gasteiger partial charge in [-0.3, -0.25) is 0 Å². The SMILES string of the molecule is CC1=CCC23CC1C(C)(C)C2CC[C@H]3C. The van der Waals surface area contributed by atoms with Crippen LogP contribution in [0.5, 0.6) is 0 Å². The molecule has 0 aliphatic heterocycles. The summed E-state index contributed by atoms with van der Waals surface area (Å²) < 4.78 is 0. The lowest BCUT2D eigenvalue weighted by Gasteiger charge is -2.36. The molecule has 0 heterocycles. The summed E-state index contributed by atoms with van der Waals surface area (Å²) in [5.74, 6) is 2.86. The van der Waals surface area contributed by atoms with E-state index >= 15 is 0 Å². The minimum Gasteiger partial charge on any atom is -0.0847 e. The Hall–Kier alpha value is -0.260. The zero-order chi connectivity index (χ0) is 10.8. The maximum Gasteiger partial charge on any atom is -0.0146 e. The van der Waals surface area contributed by atoms with Crippen LogP contribution in [0.3, 0.4) is 0 Å². The molecule has 3 aliphatic rings. The van der Waals surface area contributed by atoms with E-state index in [4.69, 9.17) is 0 Å². The Morgan fingerprint density at radius 3 is 2.73 bits per heavy atom. The standard InChI is InChI=1S/C15H24/c1-10-7-8-15-9-12(10)14(3,4)13(15)6-5-11(15)2/h7,11-13H,5-6,8-9H2,1-4H3/t11-,12?,13?,15?/m1/s1. The zero-order valence-electron chi connectivity index (χ0n) is 10.6. The van der Waals surface area contributed by atoms with Gasteiger partial charge in [0.25, 0.3) is 0 Å². The Bertz CT molecular complexity index is 323. The Kier molecular flexibility index (Phi) is 1.79. The molecule has 1 spiro atoms. The van der Waals surface area contributed by atoms with Gasteiger partial charge in [-0.1, -0.05) is 32.4 Å². The fourth-order valence-electron chi connectivity index (χ4n) is 5.35. The lowest BCUT2D eigenvalue weighted by atomic mass is 9.68. The number of hydrogen-bond acceptors (Lipinski definition) is 0. The summed E-state index contributed by atoms with van der Waals surface area (Å²) >= 11 is 0. The molecule has 3 rings (SSSR count). The maximum absolute atomic E-state index is 2.57. The first-order valence-corrected chi connectivity index (χ1v) is 6.65. The van der Waals surface area contributed by atoms with Crippen molar-refractivity contribution in [1.82, 2.24) is 0 Å². The number of fused-ring (bicyclic) bond motifs is 1. The molecule has 3 aliphatic carbocycles. The summed E-state index contributed by atoms with van der Waals surface area (Å²) in [6, 6.07) is 0. The molecule has 84 valence electrons. The van der Waals surface area contributed by atoms with E-state index in [1.54, 1.807) is 5.57 Å². The van der Waals surface area contributed by atoms with E-state index in [2.05, 4.69) is 33.8 Å². The predicted molar refractivity (Wildman–Crippen MR) is 64.6 cm³/mol. The van der Waals surface area contributed by atoms with Gasteiger partial charge in [0, 0.05) is 0 Å². The second-order valence-corrected chi connectivity index (χ2v) is 6.99. The summed E-state index contributed by atoms with van der Waals surface area (Å²) in [6.45, 7) is 9.94. The van der Waals surface area contributed by atoms with Crippen molar-refractivity contribution in [3.05, 3.63) is 11.6 Å². The largest absolute Gasteiger partial charge is 0.0847 e. The van der Waals surface area contributed by atoms with Crippen LogP contribution in [0.2, 0.25) is 0 Å². The molecule has 2 saturated carbocycles. The van der Waals surface area contributed by atoms with Crippen LogP contribution < -0.4 is 0 Å². The van der Waals surface area contributed by atoms with Crippen LogP contribution >= 0.6 is 0 Å². The molecule has 0 aromatic heterocycles. The van der Waals surface area contributed by atoms with Gasteiger partial charge < -0.3 is 0 Å². The molecule has 0 heteroatoms. The van der Waals surface area contributed by atoms with Gasteiger partial charge >= 0.3 is 0 Å². The normalized spacial score (nSPS) is 51.5. The van der Waals surface area contributed by atoms with Crippen molar-refractivity contribution in [1.29, 1.82) is 0 Å². The van der Waals surface area contributed by atoms with E-state index in [9.17, 15) is 0 Å². The molecule has 15 heavy (non-hydrogen) atoms. The number of allylic oxidation sites excluding steroid dienone is 2. The highest BCUT2D eigenvalue weighted by molar-refractivity contribution is 5.25. The number of rotatable bonds is 0. The highest BCUT2D eigenvalue weighted by Gasteiger charge is 2.62. The van der Waals surface area contributed by atoms with Crippen LogP contribution in [0.1, 0.15) is 53.4 Å². The third-order valence-electron chi connectivity index (χ3n) is 6.30. The zero-order valence-corrected chi connectivity index (χ0v) is 10.6. The van der Waals surface area contributed by atoms with Gasteiger partial charge in [-0.15, -0.1) is 0 Å². The van der Waals surface area contributed by atoms with Crippen molar-refractivity contribution in [3.8, 4) is 0 Å². The molecular formula is C15H24. The Labute approximate surface area is 94.1 Å². The monoisotopic (exact) mass is 204 g/mol. The van der Waals surface area contributed by atoms with Gasteiger partial charge in [0.2, 0.25) is 0 Å². The fourth-order valence-corrected chi connectivity index (χ4v) is 5.35. The molecule has 0 aromatic carbocycles. The van der Waals surface area contributed by atoms with Gasteiger partial charge in [-0.2, -0.15) is 0 Å². The predicted octanol–water partition coefficient (Wildman–Crippen LogP) is 4.42. The first kappa shape index (κ1) is 9.93. The quantitative estimate of drug-likeness (QED) is 0.513. The highest BCUT2D eigenvalue weighted by Crippen LogP contribution is 2.71. The van der Waals surface area contributed by atoms with Gasteiger partial charge in [0.15, 0.2) is 0 Å². The molecule has 0 aromatic rings. The molecule has 4 atom stereocenters. The molecule has 0 saturated heterocycles. The Morgan fingerprint density at radius 2 is 2.00 bits per heavy atom. The van der Waals surface area contributed by atoms with Crippen LogP contribution in [0.4, 0.5) is 0 Å². The van der Waals surface area contributed by atoms with Crippen molar-refractivity contribution in [2.24, 2.45) is 28.6 Å². The molecule has 3 unspecified atom stereocenters. The summed E-state index contributed by atoms with van der Waals surface area (Å²) in [5.41, 5.74) is 2.96. The van der Waals surface area contributed by atoms with Crippen molar-refractivity contribution in [2.45, 2.75) is 53.4 Å². The van der Waals surface area contributed by atoms with Crippen LogP contribution in [0.25, 0.3) is 0 Å². The van der Waals surface area contributed by atoms with Gasteiger partial charge in [0.05, 0.1) is 0 Å². The van der Waals surface area contributed by atoms with Gasteiger partial charge in [-0.05, 0) is 61.2 Å². The third-order valence-corrected chi connectivity index (χ3v) is 6.30. The summed E-state index contributed by atoms with van der Waals surface area (Å²) in [6.07, 6.45) is 8.41. The lowest BCUT2D eigenvalue weighted by molar-refractivity contribution is 0.128. The van der Waals surface area contributed by atoms with Crippen molar-refractivity contribution < 1.29 is 0 Å². The molecule has 0 nitrogen and oxygen atoms in total. The van der Waals surface area contributed by atoms with E-state index < -0.39 is 0 Å². The van der Waals surface area contributed by atoms with E-state index in [0.29, 0.717) is 10.8 Å². The van der Waals surface area contributed by atoms with Crippen LogP contribution in [0.15, 0.2) is 11.6 Å². The van der Waals surface area contributed by atoms with Crippen LogP contribution in [-0.4, -0.2) is 0 Å². The minimum atomic E-state index is 0.571. The minimum absolute atomic E-state index is 0.571. The first-order chi connectivity index (χ1) is 6.98. The average molecular weight is 204 g/mol. The first-order valence-electron chi connectivity index (χ1n) is 6.65. The number of hydrogen-bond donors (Lipinski definition) is 0. The summed E-state index contributed by atoms with van der Waals surface area (Å²) in [4.78, 5) is 0. The van der Waals surface area contributed by atoms with Crippen molar-refractivity contribution in [3.63, 3.8) is 0 Å². The van der Waals surface area contributed by atoms with E-state index in [-0.39, 0.29) is 0 Å². The Balaban J connectivity index is 2.11.